The molecule has 0 atom stereocenters. The van der Waals surface area contributed by atoms with Gasteiger partial charge in [-0.1, -0.05) is 160 Å². The molecule has 0 bridgehead atoms. The second-order valence-electron chi connectivity index (χ2n) is 12.9. The zero-order valence-electron chi connectivity index (χ0n) is 28.2. The van der Waals surface area contributed by atoms with E-state index in [0.717, 1.165) is 0 Å². The minimum absolute atomic E-state index is 0.0901. The Kier molecular flexibility index (Phi) is 10.9. The summed E-state index contributed by atoms with van der Waals surface area (Å²) in [4.78, 5) is 13.8. The number of hydrogen-bond acceptors (Lipinski definition) is 3. The Morgan fingerprint density at radius 2 is 0.638 bits per heavy atom. The molecule has 0 aliphatic heterocycles. The molecular weight excluding hydrogens is 593 g/mol. The van der Waals surface area contributed by atoms with Gasteiger partial charge in [-0.05, 0) is 84.6 Å². The van der Waals surface area contributed by atoms with E-state index in [0.29, 0.717) is 11.5 Å². The van der Waals surface area contributed by atoms with E-state index in [4.69, 9.17) is 9.78 Å². The van der Waals surface area contributed by atoms with Crippen LogP contribution in [0.3, 0.4) is 0 Å². The maximum atomic E-state index is 5.60. The zero-order chi connectivity index (χ0) is 33.3. The average molecular weight is 637 g/mol. The maximum absolute atomic E-state index is 5.60. The molecule has 0 fully saturated rings. The van der Waals surface area contributed by atoms with Crippen LogP contribution in [0.4, 0.5) is 0 Å². The number of benzene rings is 6. The van der Waals surface area contributed by atoms with E-state index in [1.807, 2.05) is 36.4 Å². The van der Waals surface area contributed by atoms with Crippen LogP contribution in [0, 0.1) is 13.8 Å². The highest BCUT2D eigenvalue weighted by atomic mass is 32.2. The normalized spacial score (nSPS) is 11.3. The van der Waals surface area contributed by atoms with Crippen LogP contribution in [0.1, 0.15) is 61.1 Å². The van der Waals surface area contributed by atoms with Crippen molar-refractivity contribution in [3.05, 3.63) is 191 Å². The molecule has 0 amide bonds. The lowest BCUT2D eigenvalue weighted by molar-refractivity contribution is -0.0999. The van der Waals surface area contributed by atoms with Crippen molar-refractivity contribution < 1.29 is 9.78 Å². The van der Waals surface area contributed by atoms with Crippen molar-refractivity contribution in [2.24, 2.45) is 0 Å². The molecule has 6 rings (SSSR count). The van der Waals surface area contributed by atoms with Crippen molar-refractivity contribution in [3.8, 4) is 11.5 Å². The van der Waals surface area contributed by atoms with Crippen LogP contribution in [0.25, 0.3) is 0 Å². The van der Waals surface area contributed by atoms with Crippen molar-refractivity contribution in [1.82, 2.24) is 0 Å². The van der Waals surface area contributed by atoms with Gasteiger partial charge in [-0.2, -0.15) is 0 Å². The maximum Gasteiger partial charge on any atom is 0.178 e. The van der Waals surface area contributed by atoms with Crippen LogP contribution in [-0.2, 0) is 10.8 Å². The van der Waals surface area contributed by atoms with Crippen LogP contribution in [0.15, 0.2) is 168 Å². The van der Waals surface area contributed by atoms with Crippen LogP contribution in [0.2, 0.25) is 0 Å². The summed E-state index contributed by atoms with van der Waals surface area (Å²) in [6.07, 6.45) is 0. The topological polar surface area (TPSA) is 18.5 Å². The smallest absolute Gasteiger partial charge is 0.178 e. The Morgan fingerprint density at radius 1 is 0.362 bits per heavy atom. The third-order valence-electron chi connectivity index (χ3n) is 8.65. The summed E-state index contributed by atoms with van der Waals surface area (Å²) in [5.41, 5.74) is 7.39. The molecule has 0 spiro atoms. The molecule has 47 heavy (non-hydrogen) atoms. The quantitative estimate of drug-likeness (QED) is 0.116. The molecule has 0 N–H and O–H groups in total. The summed E-state index contributed by atoms with van der Waals surface area (Å²) >= 11 is 1.79. The molecule has 0 heterocycles. The lowest BCUT2D eigenvalue weighted by atomic mass is 9.78. The highest BCUT2D eigenvalue weighted by Gasteiger charge is 2.24. The Balaban J connectivity index is 0.000000277. The van der Waals surface area contributed by atoms with Crippen molar-refractivity contribution in [2.75, 3.05) is 0 Å². The highest BCUT2D eigenvalue weighted by molar-refractivity contribution is 7.99. The van der Waals surface area contributed by atoms with Crippen molar-refractivity contribution in [3.63, 3.8) is 0 Å². The standard InChI is InChI=1S/C32H34O2.C12H10S/c1-23-7-11-25(12-8-23)31(3,4)27-15-19-29(20-16-27)33-34-30-21-17-28(18-22-30)32(5,6)26-13-9-24(2)10-14-26;1-3-7-11(8-4-1)13-12-9-5-2-6-10-12/h7-22H,1-6H3;1-10H. The summed E-state index contributed by atoms with van der Waals surface area (Å²) in [6, 6.07) is 54.5. The van der Waals surface area contributed by atoms with E-state index in [9.17, 15) is 0 Å². The van der Waals surface area contributed by atoms with Crippen LogP contribution in [-0.4, -0.2) is 0 Å². The molecule has 2 nitrogen and oxygen atoms in total. The highest BCUT2D eigenvalue weighted by Crippen LogP contribution is 2.34. The van der Waals surface area contributed by atoms with Crippen LogP contribution >= 0.6 is 11.8 Å². The summed E-state index contributed by atoms with van der Waals surface area (Å²) < 4.78 is 0. The first-order chi connectivity index (χ1) is 22.6. The molecule has 6 aromatic carbocycles. The Bertz CT molecular complexity index is 1670. The molecular formula is C44H44O2S. The fraction of sp³-hybridized carbons (Fsp3) is 0.182. The molecule has 6 aromatic rings. The first-order valence-electron chi connectivity index (χ1n) is 16.1. The molecule has 0 saturated carbocycles. The second-order valence-corrected chi connectivity index (χ2v) is 14.1. The van der Waals surface area contributed by atoms with Gasteiger partial charge >= 0.3 is 0 Å². The first-order valence-corrected chi connectivity index (χ1v) is 16.9. The summed E-state index contributed by atoms with van der Waals surface area (Å²) in [6.45, 7) is 13.2. The molecule has 0 radical (unpaired) electrons. The average Bonchev–Trinajstić information content (AvgIpc) is 3.09. The van der Waals surface area contributed by atoms with Gasteiger partial charge in [-0.15, -0.1) is 0 Å². The van der Waals surface area contributed by atoms with Crippen LogP contribution in [0.5, 0.6) is 11.5 Å². The van der Waals surface area contributed by atoms with Gasteiger partial charge in [0.1, 0.15) is 0 Å². The zero-order valence-corrected chi connectivity index (χ0v) is 29.1. The van der Waals surface area contributed by atoms with Gasteiger partial charge in [0.25, 0.3) is 0 Å². The number of rotatable bonds is 9. The molecule has 0 unspecified atom stereocenters. The molecule has 0 saturated heterocycles. The van der Waals surface area contributed by atoms with Crippen molar-refractivity contribution >= 4 is 11.8 Å². The number of aryl methyl sites for hydroxylation is 2. The van der Waals surface area contributed by atoms with Gasteiger partial charge in [0.05, 0.1) is 0 Å². The summed E-state index contributed by atoms with van der Waals surface area (Å²) in [5, 5.41) is 0. The molecule has 3 heteroatoms. The Morgan fingerprint density at radius 3 is 0.936 bits per heavy atom. The van der Waals surface area contributed by atoms with Crippen molar-refractivity contribution in [1.29, 1.82) is 0 Å². The van der Waals surface area contributed by atoms with Gasteiger partial charge < -0.3 is 0 Å². The Hall–Kier alpha value is -4.73. The second kappa shape index (κ2) is 15.2. The predicted molar refractivity (Wildman–Crippen MR) is 198 cm³/mol. The van der Waals surface area contributed by atoms with E-state index >= 15 is 0 Å². The predicted octanol–water partition coefficient (Wildman–Crippen LogP) is 12.2. The van der Waals surface area contributed by atoms with Crippen LogP contribution < -0.4 is 9.78 Å². The van der Waals surface area contributed by atoms with E-state index in [-0.39, 0.29) is 10.8 Å². The monoisotopic (exact) mass is 636 g/mol. The van der Waals surface area contributed by atoms with Gasteiger partial charge in [0.2, 0.25) is 0 Å². The molecule has 0 aromatic heterocycles. The number of hydrogen-bond donors (Lipinski definition) is 0. The van der Waals surface area contributed by atoms with Gasteiger partial charge in [0.15, 0.2) is 11.5 Å². The minimum Gasteiger partial charge on any atom is -0.290 e. The Labute approximate surface area is 285 Å². The summed E-state index contributed by atoms with van der Waals surface area (Å²) in [7, 11) is 0. The lowest BCUT2D eigenvalue weighted by Crippen LogP contribution is -2.19. The van der Waals surface area contributed by atoms with E-state index < -0.39 is 0 Å². The summed E-state index contributed by atoms with van der Waals surface area (Å²) in [5.74, 6) is 1.35. The van der Waals surface area contributed by atoms with Gasteiger partial charge in [-0.25, -0.2) is 0 Å². The van der Waals surface area contributed by atoms with E-state index in [2.05, 4.69) is 163 Å². The van der Waals surface area contributed by atoms with E-state index in [1.54, 1.807) is 11.8 Å². The molecule has 0 aliphatic rings. The fourth-order valence-corrected chi connectivity index (χ4v) is 6.20. The largest absolute Gasteiger partial charge is 0.290 e. The molecule has 0 aliphatic carbocycles. The lowest BCUT2D eigenvalue weighted by Gasteiger charge is -2.26. The first kappa shape index (κ1) is 33.6. The fourth-order valence-electron chi connectivity index (χ4n) is 5.34. The van der Waals surface area contributed by atoms with Gasteiger partial charge in [-0.3, -0.25) is 9.78 Å². The third-order valence-corrected chi connectivity index (χ3v) is 9.67. The molecule has 238 valence electrons. The van der Waals surface area contributed by atoms with Crippen molar-refractivity contribution in [2.45, 2.75) is 62.2 Å². The third kappa shape index (κ3) is 8.96. The minimum atomic E-state index is -0.0901. The SMILES string of the molecule is Cc1ccc(C(C)(C)c2ccc(OOc3ccc(C(C)(C)c4ccc(C)cc4)cc3)cc2)cc1.c1ccc(Sc2ccccc2)cc1. The van der Waals surface area contributed by atoms with Gasteiger partial charge in [0, 0.05) is 20.6 Å². The van der Waals surface area contributed by atoms with E-state index in [1.165, 1.54) is 43.2 Å².